The van der Waals surface area contributed by atoms with Crippen LogP contribution in [0.2, 0.25) is 0 Å². The Bertz CT molecular complexity index is 1510. The number of nitro benzene ring substituents is 1. The Kier molecular flexibility index (Phi) is 3.87. The van der Waals surface area contributed by atoms with Gasteiger partial charge in [-0.1, -0.05) is 12.2 Å². The standard InChI is InChI=1S/C24H19N3O7/c1-10-14-9-26(22(29)17-7-12-6-13(27(31)32)4-5-16(12)34-17)18-8-15(28)21-20(24(10,14)18)19(11(2)25-21)23(30)33-3/h4-8,14,22,25,29H,1,9H2,2-3H3/t14-,22?,24-/m0/s1. The Balaban J connectivity index is 1.44. The number of aryl methyl sites for hydroxylation is 1. The van der Waals surface area contributed by atoms with E-state index in [4.69, 9.17) is 9.15 Å². The van der Waals surface area contributed by atoms with E-state index in [-0.39, 0.29) is 23.1 Å². The van der Waals surface area contributed by atoms with E-state index in [0.717, 1.165) is 5.57 Å². The molecule has 1 saturated carbocycles. The highest BCUT2D eigenvalue weighted by Gasteiger charge is 2.72. The van der Waals surface area contributed by atoms with Gasteiger partial charge in [0.2, 0.25) is 5.78 Å². The number of ether oxygens (including phenoxy) is 1. The third kappa shape index (κ3) is 2.32. The summed E-state index contributed by atoms with van der Waals surface area (Å²) < 4.78 is 10.8. The van der Waals surface area contributed by atoms with E-state index in [1.54, 1.807) is 17.9 Å². The molecule has 10 heteroatoms. The number of allylic oxidation sites excluding steroid dienone is 2. The van der Waals surface area contributed by atoms with Gasteiger partial charge in [-0.25, -0.2) is 4.79 Å². The molecule has 1 saturated heterocycles. The number of carbonyl (C=O) groups excluding carboxylic acids is 2. The quantitative estimate of drug-likeness (QED) is 0.261. The summed E-state index contributed by atoms with van der Waals surface area (Å²) >= 11 is 0. The molecule has 2 fully saturated rings. The Labute approximate surface area is 192 Å². The highest BCUT2D eigenvalue weighted by atomic mass is 16.6. The van der Waals surface area contributed by atoms with Crippen molar-refractivity contribution in [2.24, 2.45) is 5.92 Å². The summed E-state index contributed by atoms with van der Waals surface area (Å²) in [5.74, 6) is -0.777. The van der Waals surface area contributed by atoms with Crippen molar-refractivity contribution in [2.45, 2.75) is 18.6 Å². The van der Waals surface area contributed by atoms with E-state index in [1.807, 2.05) is 0 Å². The molecular weight excluding hydrogens is 442 g/mol. The van der Waals surface area contributed by atoms with E-state index >= 15 is 0 Å². The molecule has 10 nitrogen and oxygen atoms in total. The molecule has 3 aromatic rings. The van der Waals surface area contributed by atoms with Gasteiger partial charge >= 0.3 is 5.97 Å². The molecule has 3 atom stereocenters. The monoisotopic (exact) mass is 461 g/mol. The molecule has 3 heterocycles. The minimum atomic E-state index is -1.24. The van der Waals surface area contributed by atoms with Crippen LogP contribution < -0.4 is 0 Å². The number of nitrogens with one attached hydrogen (secondary N) is 1. The molecule has 2 aromatic heterocycles. The maximum absolute atomic E-state index is 13.0. The van der Waals surface area contributed by atoms with Crippen molar-refractivity contribution in [1.29, 1.82) is 0 Å². The number of likely N-dealkylation sites (tertiary alicyclic amines) is 1. The number of ketones is 1. The molecule has 34 heavy (non-hydrogen) atoms. The Morgan fingerprint density at radius 1 is 1.44 bits per heavy atom. The second-order valence-corrected chi connectivity index (χ2v) is 8.80. The van der Waals surface area contributed by atoms with E-state index in [2.05, 4.69) is 11.6 Å². The van der Waals surface area contributed by atoms with Crippen molar-refractivity contribution < 1.29 is 28.8 Å². The van der Waals surface area contributed by atoms with Crippen molar-refractivity contribution >= 4 is 28.4 Å². The van der Waals surface area contributed by atoms with Gasteiger partial charge in [-0.15, -0.1) is 0 Å². The normalized spacial score (nSPS) is 23.3. The first-order chi connectivity index (χ1) is 16.2. The van der Waals surface area contributed by atoms with Crippen LogP contribution in [0.4, 0.5) is 5.69 Å². The van der Waals surface area contributed by atoms with Gasteiger partial charge in [-0.2, -0.15) is 0 Å². The average molecular weight is 461 g/mol. The molecule has 1 unspecified atom stereocenters. The Morgan fingerprint density at radius 2 is 2.21 bits per heavy atom. The number of rotatable bonds is 4. The lowest BCUT2D eigenvalue weighted by Crippen LogP contribution is -2.33. The van der Waals surface area contributed by atoms with Gasteiger partial charge in [0.05, 0.1) is 28.7 Å². The topological polar surface area (TPSA) is 139 Å². The van der Waals surface area contributed by atoms with Gasteiger partial charge in [-0.3, -0.25) is 14.9 Å². The molecule has 6 rings (SSSR count). The number of piperidine rings is 1. The van der Waals surface area contributed by atoms with Gasteiger partial charge in [-0.05, 0) is 19.1 Å². The summed E-state index contributed by atoms with van der Waals surface area (Å²) in [6.45, 7) is 6.27. The van der Waals surface area contributed by atoms with Crippen LogP contribution in [-0.4, -0.2) is 45.3 Å². The van der Waals surface area contributed by atoms with Gasteiger partial charge < -0.3 is 24.1 Å². The van der Waals surface area contributed by atoms with Crippen molar-refractivity contribution in [2.75, 3.05) is 13.7 Å². The van der Waals surface area contributed by atoms with E-state index in [1.165, 1.54) is 31.4 Å². The largest absolute Gasteiger partial charge is 0.465 e. The number of H-pyrrole nitrogens is 1. The van der Waals surface area contributed by atoms with Gasteiger partial charge in [0, 0.05) is 53.0 Å². The number of nitro groups is 1. The summed E-state index contributed by atoms with van der Waals surface area (Å²) in [5.41, 5.74) is 2.67. The van der Waals surface area contributed by atoms with Crippen molar-refractivity contribution in [1.82, 2.24) is 9.88 Å². The lowest BCUT2D eigenvalue weighted by molar-refractivity contribution is -0.384. The predicted molar refractivity (Wildman–Crippen MR) is 118 cm³/mol. The predicted octanol–water partition coefficient (Wildman–Crippen LogP) is 3.27. The lowest BCUT2D eigenvalue weighted by atomic mass is 9.82. The maximum atomic E-state index is 13.0. The number of aromatic nitrogens is 1. The van der Waals surface area contributed by atoms with E-state index in [0.29, 0.717) is 45.7 Å². The molecule has 0 radical (unpaired) electrons. The molecule has 1 aliphatic heterocycles. The van der Waals surface area contributed by atoms with Crippen molar-refractivity contribution in [3.8, 4) is 0 Å². The molecule has 0 amide bonds. The summed E-state index contributed by atoms with van der Waals surface area (Å²) in [7, 11) is 1.29. The summed E-state index contributed by atoms with van der Waals surface area (Å²) in [6, 6.07) is 5.74. The van der Waals surface area contributed by atoms with E-state index < -0.39 is 22.5 Å². The number of hydrogen-bond donors (Lipinski definition) is 2. The van der Waals surface area contributed by atoms with Crippen molar-refractivity contribution in [3.05, 3.63) is 86.6 Å². The minimum Gasteiger partial charge on any atom is -0.465 e. The third-order valence-corrected chi connectivity index (χ3v) is 7.22. The molecule has 1 aromatic carbocycles. The Hall–Kier alpha value is -4.18. The number of fused-ring (bicyclic) bond motifs is 2. The van der Waals surface area contributed by atoms with Crippen LogP contribution in [0.5, 0.6) is 0 Å². The number of hydrogen-bond acceptors (Lipinski definition) is 8. The first-order valence-electron chi connectivity index (χ1n) is 10.6. The summed E-state index contributed by atoms with van der Waals surface area (Å²) in [6.07, 6.45) is 0.222. The molecule has 2 aliphatic carbocycles. The minimum absolute atomic E-state index is 0.0849. The van der Waals surface area contributed by atoms with E-state index in [9.17, 15) is 24.8 Å². The molecule has 1 spiro atoms. The third-order valence-electron chi connectivity index (χ3n) is 7.22. The zero-order chi connectivity index (χ0) is 24.1. The second kappa shape index (κ2) is 6.45. The summed E-state index contributed by atoms with van der Waals surface area (Å²) in [4.78, 5) is 40.9. The number of aliphatic hydroxyl groups excluding tert-OH is 1. The van der Waals surface area contributed by atoms with Gasteiger partial charge in [0.1, 0.15) is 5.58 Å². The summed E-state index contributed by atoms with van der Waals surface area (Å²) in [5, 5.41) is 22.8. The number of methoxy groups -OCH3 is 1. The first-order valence-corrected chi connectivity index (χ1v) is 10.6. The first kappa shape index (κ1) is 20.4. The number of benzene rings is 1. The van der Waals surface area contributed by atoms with Gasteiger partial charge in [0.25, 0.3) is 5.69 Å². The highest BCUT2D eigenvalue weighted by molar-refractivity contribution is 6.11. The van der Waals surface area contributed by atoms with Crippen LogP contribution in [0, 0.1) is 23.0 Å². The Morgan fingerprint density at radius 3 is 2.91 bits per heavy atom. The number of carbonyl (C=O) groups is 2. The molecule has 3 aliphatic rings. The second-order valence-electron chi connectivity index (χ2n) is 8.80. The highest BCUT2D eigenvalue weighted by Crippen LogP contribution is 2.71. The smallest absolute Gasteiger partial charge is 0.340 e. The molecule has 172 valence electrons. The van der Waals surface area contributed by atoms with Crippen LogP contribution in [0.15, 0.2) is 52.6 Å². The fourth-order valence-electron chi connectivity index (χ4n) is 5.66. The SMILES string of the molecule is C=C1[C@@H]2CN(C(O)c3cc4cc([N+](=O)[O-])ccc4o3)C3=CC(=O)c4[nH]c(C)c(C(=O)OC)c4[C@]132. The van der Waals surface area contributed by atoms with Crippen molar-refractivity contribution in [3.63, 3.8) is 0 Å². The number of aromatic amines is 1. The molecule has 2 N–H and O–H groups in total. The average Bonchev–Trinajstić information content (AvgIpc) is 3.22. The number of nitrogens with zero attached hydrogens (tertiary/aromatic N) is 2. The van der Waals surface area contributed by atoms with Crippen LogP contribution in [-0.2, 0) is 10.2 Å². The lowest BCUT2D eigenvalue weighted by Gasteiger charge is -2.32. The zero-order valence-electron chi connectivity index (χ0n) is 18.2. The fourth-order valence-corrected chi connectivity index (χ4v) is 5.66. The molecular formula is C24H19N3O7. The molecule has 0 bridgehead atoms. The number of non-ortho nitro benzene ring substituents is 1. The maximum Gasteiger partial charge on any atom is 0.340 e. The zero-order valence-corrected chi connectivity index (χ0v) is 18.2. The number of esters is 1. The number of aliphatic hydroxyl groups is 1. The van der Waals surface area contributed by atoms with Crippen LogP contribution in [0.25, 0.3) is 11.0 Å². The fraction of sp³-hybridized carbons (Fsp3) is 0.250. The number of furan rings is 1. The van der Waals surface area contributed by atoms with Crippen LogP contribution in [0.1, 0.15) is 44.1 Å². The van der Waals surface area contributed by atoms with Crippen LogP contribution in [0.3, 0.4) is 0 Å². The van der Waals surface area contributed by atoms with Crippen LogP contribution >= 0.6 is 0 Å². The van der Waals surface area contributed by atoms with Gasteiger partial charge in [0.15, 0.2) is 12.0 Å².